The number of hydrogen-bond acceptors (Lipinski definition) is 5. The van der Waals surface area contributed by atoms with Gasteiger partial charge in [0.25, 0.3) is 5.91 Å². The van der Waals surface area contributed by atoms with E-state index in [1.54, 1.807) is 25.3 Å². The third-order valence-corrected chi connectivity index (χ3v) is 3.96. The first-order chi connectivity index (χ1) is 12.2. The predicted octanol–water partition coefficient (Wildman–Crippen LogP) is 1.69. The van der Waals surface area contributed by atoms with Gasteiger partial charge >= 0.3 is 0 Å². The van der Waals surface area contributed by atoms with E-state index in [1.807, 2.05) is 18.3 Å². The van der Waals surface area contributed by atoms with Gasteiger partial charge in [0.2, 0.25) is 0 Å². The highest BCUT2D eigenvalue weighted by molar-refractivity contribution is 5.96. The number of H-pyrrole nitrogens is 2. The van der Waals surface area contributed by atoms with Crippen LogP contribution in [0.3, 0.4) is 0 Å². The van der Waals surface area contributed by atoms with Gasteiger partial charge in [-0.1, -0.05) is 0 Å². The van der Waals surface area contributed by atoms with Gasteiger partial charge in [0.05, 0.1) is 18.9 Å². The minimum Gasteiger partial charge on any atom is -0.383 e. The van der Waals surface area contributed by atoms with Crippen LogP contribution < -0.4 is 0 Å². The number of methoxy groups -OCH3 is 2. The third-order valence-electron chi connectivity index (χ3n) is 3.96. The number of carbonyl (C=O) groups is 1. The molecule has 0 spiro atoms. The summed E-state index contributed by atoms with van der Waals surface area (Å²) >= 11 is 0. The first-order valence-corrected chi connectivity index (χ1v) is 7.98. The van der Waals surface area contributed by atoms with Gasteiger partial charge in [0.1, 0.15) is 17.7 Å². The highest BCUT2D eigenvalue weighted by Crippen LogP contribution is 2.25. The quantitative estimate of drug-likeness (QED) is 0.649. The Balaban J connectivity index is 1.84. The molecule has 3 rings (SSSR count). The fourth-order valence-electron chi connectivity index (χ4n) is 2.65. The molecule has 3 aromatic heterocycles. The number of fused-ring (bicyclic) bond motifs is 1. The van der Waals surface area contributed by atoms with Gasteiger partial charge in [0.15, 0.2) is 0 Å². The summed E-state index contributed by atoms with van der Waals surface area (Å²) in [6, 6.07) is 3.73. The van der Waals surface area contributed by atoms with Crippen molar-refractivity contribution in [2.45, 2.75) is 0 Å². The number of aromatic amines is 2. The Morgan fingerprint density at radius 3 is 2.64 bits per heavy atom. The summed E-state index contributed by atoms with van der Waals surface area (Å²) in [5.41, 5.74) is 2.89. The molecule has 0 unspecified atom stereocenters. The summed E-state index contributed by atoms with van der Waals surface area (Å²) in [5, 5.41) is 0.913. The van der Waals surface area contributed by atoms with E-state index >= 15 is 0 Å². The predicted molar refractivity (Wildman–Crippen MR) is 93.3 cm³/mol. The second kappa shape index (κ2) is 7.91. The minimum absolute atomic E-state index is 0.0975. The van der Waals surface area contributed by atoms with E-state index < -0.39 is 0 Å². The molecule has 0 aliphatic carbocycles. The molecular formula is C17H21N5O3. The van der Waals surface area contributed by atoms with E-state index in [4.69, 9.17) is 9.47 Å². The lowest BCUT2D eigenvalue weighted by atomic mass is 10.1. The standard InChI is InChI=1S/C17H21N5O3/c1-24-7-5-22(6-8-25-2)17(23)14-9-12(10-19-14)15-13-3-4-18-16(13)21-11-20-15/h3-4,9-11,19H,5-8H2,1-2H3,(H,18,20,21). The number of amides is 1. The van der Waals surface area contributed by atoms with Crippen molar-refractivity contribution in [1.29, 1.82) is 0 Å². The van der Waals surface area contributed by atoms with Crippen LogP contribution in [0.25, 0.3) is 22.3 Å². The Hall–Kier alpha value is -2.71. The Bertz CT molecular complexity index is 834. The maximum atomic E-state index is 12.8. The fraction of sp³-hybridized carbons (Fsp3) is 0.353. The molecule has 0 saturated heterocycles. The van der Waals surface area contributed by atoms with Crippen molar-refractivity contribution >= 4 is 16.9 Å². The second-order valence-corrected chi connectivity index (χ2v) is 5.54. The van der Waals surface area contributed by atoms with E-state index in [-0.39, 0.29) is 5.91 Å². The minimum atomic E-state index is -0.0975. The molecule has 8 heteroatoms. The van der Waals surface area contributed by atoms with E-state index in [9.17, 15) is 4.79 Å². The van der Waals surface area contributed by atoms with Gasteiger partial charge < -0.3 is 24.3 Å². The van der Waals surface area contributed by atoms with Crippen LogP contribution in [0.4, 0.5) is 0 Å². The molecule has 0 saturated carbocycles. The Morgan fingerprint density at radius 2 is 1.92 bits per heavy atom. The first kappa shape index (κ1) is 17.1. The van der Waals surface area contributed by atoms with Gasteiger partial charge in [0, 0.05) is 50.7 Å². The number of nitrogens with zero attached hydrogens (tertiary/aromatic N) is 3. The largest absolute Gasteiger partial charge is 0.383 e. The van der Waals surface area contributed by atoms with Crippen LogP contribution >= 0.6 is 0 Å². The van der Waals surface area contributed by atoms with Gasteiger partial charge in [-0.3, -0.25) is 4.79 Å². The van der Waals surface area contributed by atoms with Crippen molar-refractivity contribution in [3.05, 3.63) is 36.5 Å². The van der Waals surface area contributed by atoms with Gasteiger partial charge in [-0.2, -0.15) is 0 Å². The number of rotatable bonds is 8. The maximum absolute atomic E-state index is 12.8. The monoisotopic (exact) mass is 343 g/mol. The summed E-state index contributed by atoms with van der Waals surface area (Å²) in [6.45, 7) is 1.95. The van der Waals surface area contributed by atoms with Crippen LogP contribution in [0.1, 0.15) is 10.5 Å². The van der Waals surface area contributed by atoms with Crippen molar-refractivity contribution in [2.75, 3.05) is 40.5 Å². The van der Waals surface area contributed by atoms with Crippen LogP contribution in [-0.4, -0.2) is 71.3 Å². The zero-order valence-corrected chi connectivity index (χ0v) is 14.3. The number of aromatic nitrogens is 4. The van der Waals surface area contributed by atoms with Gasteiger partial charge in [-0.25, -0.2) is 9.97 Å². The molecule has 1 amide bonds. The molecule has 0 bridgehead atoms. The maximum Gasteiger partial charge on any atom is 0.270 e. The summed E-state index contributed by atoms with van der Waals surface area (Å²) < 4.78 is 10.2. The number of hydrogen-bond donors (Lipinski definition) is 2. The summed E-state index contributed by atoms with van der Waals surface area (Å²) in [6.07, 6.45) is 5.11. The van der Waals surface area contributed by atoms with E-state index in [0.717, 1.165) is 22.3 Å². The van der Waals surface area contributed by atoms with Crippen LogP contribution in [0.15, 0.2) is 30.9 Å². The Morgan fingerprint density at radius 1 is 1.16 bits per heavy atom. The smallest absolute Gasteiger partial charge is 0.270 e. The van der Waals surface area contributed by atoms with Crippen LogP contribution in [0.5, 0.6) is 0 Å². The van der Waals surface area contributed by atoms with Gasteiger partial charge in [-0.15, -0.1) is 0 Å². The highest BCUT2D eigenvalue weighted by atomic mass is 16.5. The van der Waals surface area contributed by atoms with Crippen molar-refractivity contribution in [2.24, 2.45) is 0 Å². The second-order valence-electron chi connectivity index (χ2n) is 5.54. The average molecular weight is 343 g/mol. The van der Waals surface area contributed by atoms with Crippen molar-refractivity contribution < 1.29 is 14.3 Å². The van der Waals surface area contributed by atoms with Crippen LogP contribution in [-0.2, 0) is 9.47 Å². The molecule has 3 aromatic rings. The summed E-state index contributed by atoms with van der Waals surface area (Å²) in [4.78, 5) is 29.1. The van der Waals surface area contributed by atoms with E-state index in [1.165, 1.54) is 6.33 Å². The van der Waals surface area contributed by atoms with E-state index in [2.05, 4.69) is 19.9 Å². The topological polar surface area (TPSA) is 96.1 Å². The third kappa shape index (κ3) is 3.70. The van der Waals surface area contributed by atoms with Crippen molar-refractivity contribution in [1.82, 2.24) is 24.8 Å². The zero-order valence-electron chi connectivity index (χ0n) is 14.3. The fourth-order valence-corrected chi connectivity index (χ4v) is 2.65. The molecule has 0 fully saturated rings. The molecule has 2 N–H and O–H groups in total. The Kier molecular flexibility index (Phi) is 5.42. The van der Waals surface area contributed by atoms with Crippen molar-refractivity contribution in [3.8, 4) is 11.3 Å². The molecule has 0 aromatic carbocycles. The number of nitrogens with one attached hydrogen (secondary N) is 2. The molecule has 0 aliphatic rings. The Labute approximate surface area is 145 Å². The number of carbonyl (C=O) groups excluding carboxylic acids is 1. The normalized spacial score (nSPS) is 11.1. The molecule has 132 valence electrons. The summed E-state index contributed by atoms with van der Waals surface area (Å²) in [5.74, 6) is -0.0975. The number of ether oxygens (including phenoxy) is 2. The molecule has 8 nitrogen and oxygen atoms in total. The average Bonchev–Trinajstić information content (AvgIpc) is 3.30. The van der Waals surface area contributed by atoms with Gasteiger partial charge in [-0.05, 0) is 12.1 Å². The molecule has 0 aliphatic heterocycles. The first-order valence-electron chi connectivity index (χ1n) is 7.98. The molecule has 0 radical (unpaired) electrons. The molecule has 0 atom stereocenters. The molecule has 3 heterocycles. The summed E-state index contributed by atoms with van der Waals surface area (Å²) in [7, 11) is 3.23. The lowest BCUT2D eigenvalue weighted by Crippen LogP contribution is -2.36. The van der Waals surface area contributed by atoms with Crippen LogP contribution in [0.2, 0.25) is 0 Å². The van der Waals surface area contributed by atoms with Crippen molar-refractivity contribution in [3.63, 3.8) is 0 Å². The molecule has 25 heavy (non-hydrogen) atoms. The highest BCUT2D eigenvalue weighted by Gasteiger charge is 2.18. The lowest BCUT2D eigenvalue weighted by Gasteiger charge is -2.21. The lowest BCUT2D eigenvalue weighted by molar-refractivity contribution is 0.0622. The SMILES string of the molecule is COCCN(CCOC)C(=O)c1cc(-c2ncnc3[nH]ccc23)c[nH]1. The zero-order chi connectivity index (χ0) is 17.6. The van der Waals surface area contributed by atoms with E-state index in [0.29, 0.717) is 32.0 Å². The van der Waals surface area contributed by atoms with Crippen LogP contribution in [0, 0.1) is 0 Å². The molecular weight excluding hydrogens is 322 g/mol.